The highest BCUT2D eigenvalue weighted by Crippen LogP contribution is 2.10. The van der Waals surface area contributed by atoms with Crippen molar-refractivity contribution in [3.05, 3.63) is 23.7 Å². The molecule has 0 N–H and O–H groups in total. The topological polar surface area (TPSA) is 39.4 Å². The fourth-order valence-electron chi connectivity index (χ4n) is 0.955. The van der Waals surface area contributed by atoms with Gasteiger partial charge < -0.3 is 9.15 Å². The molecule has 3 heteroatoms. The third-order valence-corrected chi connectivity index (χ3v) is 1.58. The summed E-state index contributed by atoms with van der Waals surface area (Å²) in [7, 11) is 0. The lowest BCUT2D eigenvalue weighted by atomic mass is 10.3. The molecular formula is C10H14O3. The van der Waals surface area contributed by atoms with Crippen LogP contribution in [0.25, 0.3) is 0 Å². The van der Waals surface area contributed by atoms with Gasteiger partial charge in [0.1, 0.15) is 12.0 Å². The molecule has 0 bridgehead atoms. The highest BCUT2D eigenvalue weighted by Gasteiger charge is 2.11. The standard InChI is InChI=1S/C10H14O3/c1-4-9-5-8(6-12-9)10(11)13-7(2)3/h5-7H,4H2,1-3H3. The number of hydrogen-bond donors (Lipinski definition) is 0. The second kappa shape index (κ2) is 4.12. The van der Waals surface area contributed by atoms with E-state index in [0.29, 0.717) is 5.56 Å². The highest BCUT2D eigenvalue weighted by molar-refractivity contribution is 5.89. The first-order valence-corrected chi connectivity index (χ1v) is 4.42. The van der Waals surface area contributed by atoms with E-state index in [1.54, 1.807) is 6.07 Å². The van der Waals surface area contributed by atoms with E-state index in [-0.39, 0.29) is 12.1 Å². The summed E-state index contributed by atoms with van der Waals surface area (Å²) in [6, 6.07) is 1.71. The normalized spacial score (nSPS) is 10.5. The van der Waals surface area contributed by atoms with Gasteiger partial charge in [-0.2, -0.15) is 0 Å². The number of hydrogen-bond acceptors (Lipinski definition) is 3. The summed E-state index contributed by atoms with van der Waals surface area (Å²) in [6.07, 6.45) is 2.13. The molecule has 3 nitrogen and oxygen atoms in total. The Morgan fingerprint density at radius 1 is 1.62 bits per heavy atom. The van der Waals surface area contributed by atoms with Crippen LogP contribution in [0.1, 0.15) is 36.9 Å². The molecule has 1 aromatic rings. The summed E-state index contributed by atoms with van der Waals surface area (Å²) in [4.78, 5) is 11.3. The Balaban J connectivity index is 2.66. The maximum absolute atomic E-state index is 11.3. The molecular weight excluding hydrogens is 168 g/mol. The van der Waals surface area contributed by atoms with Crippen molar-refractivity contribution < 1.29 is 13.9 Å². The third-order valence-electron chi connectivity index (χ3n) is 1.58. The number of esters is 1. The highest BCUT2D eigenvalue weighted by atomic mass is 16.5. The summed E-state index contributed by atoms with van der Waals surface area (Å²) in [5.74, 6) is 0.481. The Hall–Kier alpha value is -1.25. The molecule has 0 radical (unpaired) electrons. The Morgan fingerprint density at radius 3 is 2.77 bits per heavy atom. The summed E-state index contributed by atoms with van der Waals surface area (Å²) in [5.41, 5.74) is 0.491. The molecule has 0 amide bonds. The van der Waals surface area contributed by atoms with Gasteiger partial charge in [0.15, 0.2) is 0 Å². The van der Waals surface area contributed by atoms with Crippen LogP contribution >= 0.6 is 0 Å². The van der Waals surface area contributed by atoms with Crippen LogP contribution in [0, 0.1) is 0 Å². The molecule has 0 spiro atoms. The summed E-state index contributed by atoms with van der Waals surface area (Å²) < 4.78 is 10.1. The zero-order valence-electron chi connectivity index (χ0n) is 8.16. The maximum Gasteiger partial charge on any atom is 0.341 e. The monoisotopic (exact) mass is 182 g/mol. The smallest absolute Gasteiger partial charge is 0.341 e. The molecule has 0 aliphatic rings. The number of carbonyl (C=O) groups excluding carboxylic acids is 1. The predicted molar refractivity (Wildman–Crippen MR) is 48.6 cm³/mol. The molecule has 0 unspecified atom stereocenters. The van der Waals surface area contributed by atoms with Crippen LogP contribution < -0.4 is 0 Å². The van der Waals surface area contributed by atoms with Gasteiger partial charge in [0.2, 0.25) is 0 Å². The second-order valence-electron chi connectivity index (χ2n) is 3.11. The summed E-state index contributed by atoms with van der Waals surface area (Å²) >= 11 is 0. The van der Waals surface area contributed by atoms with Crippen molar-refractivity contribution in [3.8, 4) is 0 Å². The molecule has 0 fully saturated rings. The zero-order chi connectivity index (χ0) is 9.84. The minimum Gasteiger partial charge on any atom is -0.468 e. The SMILES string of the molecule is CCc1cc(C(=O)OC(C)C)co1. The predicted octanol–water partition coefficient (Wildman–Crippen LogP) is 2.41. The molecule has 0 aliphatic carbocycles. The first-order chi connectivity index (χ1) is 6.13. The molecule has 1 aromatic heterocycles. The van der Waals surface area contributed by atoms with Crippen molar-refractivity contribution in [2.75, 3.05) is 0 Å². The first kappa shape index (κ1) is 9.84. The number of furan rings is 1. The van der Waals surface area contributed by atoms with E-state index in [0.717, 1.165) is 12.2 Å². The zero-order valence-corrected chi connectivity index (χ0v) is 8.16. The Labute approximate surface area is 77.7 Å². The van der Waals surface area contributed by atoms with Crippen molar-refractivity contribution in [2.45, 2.75) is 33.3 Å². The Morgan fingerprint density at radius 2 is 2.31 bits per heavy atom. The van der Waals surface area contributed by atoms with Gasteiger partial charge >= 0.3 is 5.97 Å². The van der Waals surface area contributed by atoms with E-state index in [9.17, 15) is 4.79 Å². The quantitative estimate of drug-likeness (QED) is 0.674. The van der Waals surface area contributed by atoms with Gasteiger partial charge in [-0.1, -0.05) is 6.92 Å². The van der Waals surface area contributed by atoms with E-state index in [1.807, 2.05) is 20.8 Å². The molecule has 0 saturated carbocycles. The van der Waals surface area contributed by atoms with Gasteiger partial charge in [-0.05, 0) is 19.9 Å². The van der Waals surface area contributed by atoms with E-state index < -0.39 is 0 Å². The van der Waals surface area contributed by atoms with Crippen LogP contribution in [0.3, 0.4) is 0 Å². The third kappa shape index (κ3) is 2.61. The van der Waals surface area contributed by atoms with Crippen LogP contribution in [0.4, 0.5) is 0 Å². The lowest BCUT2D eigenvalue weighted by Crippen LogP contribution is -2.10. The molecule has 72 valence electrons. The van der Waals surface area contributed by atoms with Gasteiger partial charge in [0.25, 0.3) is 0 Å². The van der Waals surface area contributed by atoms with Gasteiger partial charge in [-0.15, -0.1) is 0 Å². The van der Waals surface area contributed by atoms with Gasteiger partial charge in [-0.25, -0.2) is 4.79 Å². The molecule has 1 rings (SSSR count). The van der Waals surface area contributed by atoms with Crippen molar-refractivity contribution >= 4 is 5.97 Å². The van der Waals surface area contributed by atoms with E-state index in [2.05, 4.69) is 0 Å². The average Bonchev–Trinajstić information content (AvgIpc) is 2.50. The Kier molecular flexibility index (Phi) is 3.12. The van der Waals surface area contributed by atoms with E-state index in [1.165, 1.54) is 6.26 Å². The molecule has 0 atom stereocenters. The summed E-state index contributed by atoms with van der Waals surface area (Å²) in [6.45, 7) is 5.60. The lowest BCUT2D eigenvalue weighted by Gasteiger charge is -2.04. The average molecular weight is 182 g/mol. The maximum atomic E-state index is 11.3. The van der Waals surface area contributed by atoms with E-state index in [4.69, 9.17) is 9.15 Å². The molecule has 0 aromatic carbocycles. The van der Waals surface area contributed by atoms with Crippen molar-refractivity contribution in [3.63, 3.8) is 0 Å². The summed E-state index contributed by atoms with van der Waals surface area (Å²) in [5, 5.41) is 0. The van der Waals surface area contributed by atoms with Crippen LogP contribution in [0.15, 0.2) is 16.7 Å². The molecule has 13 heavy (non-hydrogen) atoms. The van der Waals surface area contributed by atoms with Gasteiger partial charge in [-0.3, -0.25) is 0 Å². The second-order valence-corrected chi connectivity index (χ2v) is 3.11. The first-order valence-electron chi connectivity index (χ1n) is 4.42. The Bertz CT molecular complexity index is 286. The van der Waals surface area contributed by atoms with Crippen LogP contribution in [0.5, 0.6) is 0 Å². The number of ether oxygens (including phenoxy) is 1. The largest absolute Gasteiger partial charge is 0.468 e. The molecule has 1 heterocycles. The fraction of sp³-hybridized carbons (Fsp3) is 0.500. The minimum absolute atomic E-state index is 0.0903. The van der Waals surface area contributed by atoms with Crippen LogP contribution in [0.2, 0.25) is 0 Å². The minimum atomic E-state index is -0.321. The lowest BCUT2D eigenvalue weighted by molar-refractivity contribution is 0.0377. The van der Waals surface area contributed by atoms with Crippen molar-refractivity contribution in [1.29, 1.82) is 0 Å². The van der Waals surface area contributed by atoms with Gasteiger partial charge in [0.05, 0.1) is 11.7 Å². The molecule has 0 aliphatic heterocycles. The fourth-order valence-corrected chi connectivity index (χ4v) is 0.955. The molecule has 0 saturated heterocycles. The number of carbonyl (C=O) groups is 1. The van der Waals surface area contributed by atoms with E-state index >= 15 is 0 Å². The van der Waals surface area contributed by atoms with Gasteiger partial charge in [0, 0.05) is 6.42 Å². The van der Waals surface area contributed by atoms with Crippen molar-refractivity contribution in [2.24, 2.45) is 0 Å². The van der Waals surface area contributed by atoms with Crippen LogP contribution in [-0.2, 0) is 11.2 Å². The van der Waals surface area contributed by atoms with Crippen molar-refractivity contribution in [1.82, 2.24) is 0 Å². The van der Waals surface area contributed by atoms with Crippen LogP contribution in [-0.4, -0.2) is 12.1 Å². The number of rotatable bonds is 3. The number of aryl methyl sites for hydroxylation is 1.